The summed E-state index contributed by atoms with van der Waals surface area (Å²) in [6.45, 7) is 3.76. The van der Waals surface area contributed by atoms with Crippen LogP contribution >= 0.6 is 0 Å². The van der Waals surface area contributed by atoms with E-state index >= 15 is 0 Å². The van der Waals surface area contributed by atoms with Crippen LogP contribution in [0.1, 0.15) is 17.5 Å². The largest absolute Gasteiger partial charge is 0.373 e. The van der Waals surface area contributed by atoms with Gasteiger partial charge >= 0.3 is 0 Å². The fourth-order valence-electron chi connectivity index (χ4n) is 2.84. The monoisotopic (exact) mass is 339 g/mol. The minimum absolute atomic E-state index is 0.0311. The van der Waals surface area contributed by atoms with Gasteiger partial charge in [-0.1, -0.05) is 12.1 Å². The van der Waals surface area contributed by atoms with E-state index in [-0.39, 0.29) is 23.9 Å². The molecular formula is C18H17N3O4. The van der Waals surface area contributed by atoms with Crippen LogP contribution in [0.25, 0.3) is 0 Å². The normalized spacial score (nSPS) is 17.0. The first-order valence-electron chi connectivity index (χ1n) is 7.82. The summed E-state index contributed by atoms with van der Waals surface area (Å²) < 4.78 is 0. The number of nitro groups is 1. The first-order chi connectivity index (χ1) is 11.9. The predicted octanol–water partition coefficient (Wildman–Crippen LogP) is 2.96. The molecule has 1 aliphatic rings. The number of aryl methyl sites for hydroxylation is 2. The summed E-state index contributed by atoms with van der Waals surface area (Å²) in [6.07, 6.45) is 0.0448. The SMILES string of the molecule is Cc1ccc(C)c(N2C(=O)CC(Nc3ccc([N+](=O)[O-])cc3)C2=O)c1. The molecule has 1 fully saturated rings. The number of carbonyl (C=O) groups is 2. The summed E-state index contributed by atoms with van der Waals surface area (Å²) in [4.78, 5) is 36.5. The molecule has 2 aromatic rings. The van der Waals surface area contributed by atoms with Crippen molar-refractivity contribution in [3.05, 3.63) is 63.7 Å². The van der Waals surface area contributed by atoms with Crippen LogP contribution in [0.3, 0.4) is 0 Å². The maximum absolute atomic E-state index is 12.7. The van der Waals surface area contributed by atoms with Crippen molar-refractivity contribution in [2.75, 3.05) is 10.2 Å². The van der Waals surface area contributed by atoms with Crippen LogP contribution < -0.4 is 10.2 Å². The second-order valence-electron chi connectivity index (χ2n) is 6.06. The minimum Gasteiger partial charge on any atom is -0.373 e. The summed E-state index contributed by atoms with van der Waals surface area (Å²) in [5, 5.41) is 13.7. The number of imide groups is 1. The molecule has 1 N–H and O–H groups in total. The Kier molecular flexibility index (Phi) is 4.22. The average Bonchev–Trinajstić information content (AvgIpc) is 2.84. The van der Waals surface area contributed by atoms with E-state index in [1.54, 1.807) is 0 Å². The Balaban J connectivity index is 1.81. The van der Waals surface area contributed by atoms with Crippen molar-refractivity contribution in [1.82, 2.24) is 0 Å². The molecule has 1 saturated heterocycles. The van der Waals surface area contributed by atoms with Crippen molar-refractivity contribution in [1.29, 1.82) is 0 Å². The van der Waals surface area contributed by atoms with E-state index in [0.29, 0.717) is 11.4 Å². The zero-order valence-electron chi connectivity index (χ0n) is 13.9. The third-order valence-electron chi connectivity index (χ3n) is 4.17. The van der Waals surface area contributed by atoms with Gasteiger partial charge in [-0.3, -0.25) is 19.7 Å². The van der Waals surface area contributed by atoms with E-state index in [1.165, 1.54) is 29.2 Å². The van der Waals surface area contributed by atoms with Gasteiger partial charge in [0.25, 0.3) is 11.6 Å². The molecule has 128 valence electrons. The minimum atomic E-state index is -0.686. The number of benzene rings is 2. The molecular weight excluding hydrogens is 322 g/mol. The molecule has 3 rings (SSSR count). The average molecular weight is 339 g/mol. The van der Waals surface area contributed by atoms with Crippen LogP contribution in [0.5, 0.6) is 0 Å². The molecule has 7 nitrogen and oxygen atoms in total. The van der Waals surface area contributed by atoms with E-state index in [1.807, 2.05) is 32.0 Å². The van der Waals surface area contributed by atoms with Crippen LogP contribution in [-0.4, -0.2) is 22.8 Å². The maximum Gasteiger partial charge on any atom is 0.269 e. The Hall–Kier alpha value is -3.22. The van der Waals surface area contributed by atoms with Gasteiger partial charge in [-0.15, -0.1) is 0 Å². The number of carbonyl (C=O) groups excluding carboxylic acids is 2. The number of nitrogens with zero attached hydrogens (tertiary/aromatic N) is 2. The summed E-state index contributed by atoms with van der Waals surface area (Å²) >= 11 is 0. The Labute approximate surface area is 144 Å². The zero-order valence-corrected chi connectivity index (χ0v) is 13.9. The van der Waals surface area contributed by atoms with Crippen LogP contribution in [0.2, 0.25) is 0 Å². The Morgan fingerprint density at radius 1 is 1.12 bits per heavy atom. The van der Waals surface area contributed by atoms with Gasteiger partial charge < -0.3 is 5.32 Å². The number of hydrogen-bond acceptors (Lipinski definition) is 5. The number of rotatable bonds is 4. The lowest BCUT2D eigenvalue weighted by Gasteiger charge is -2.18. The highest BCUT2D eigenvalue weighted by molar-refractivity contribution is 6.23. The van der Waals surface area contributed by atoms with E-state index in [2.05, 4.69) is 5.32 Å². The second-order valence-corrected chi connectivity index (χ2v) is 6.06. The second kappa shape index (κ2) is 6.35. The number of amides is 2. The number of nitrogens with one attached hydrogen (secondary N) is 1. The number of nitro benzene ring substituents is 1. The van der Waals surface area contributed by atoms with Gasteiger partial charge in [-0.05, 0) is 43.2 Å². The summed E-state index contributed by atoms with van der Waals surface area (Å²) in [6, 6.07) is 10.7. The third kappa shape index (κ3) is 3.21. The molecule has 25 heavy (non-hydrogen) atoms. The maximum atomic E-state index is 12.7. The summed E-state index contributed by atoms with van der Waals surface area (Å²) in [5.41, 5.74) is 2.94. The highest BCUT2D eigenvalue weighted by Gasteiger charge is 2.40. The first kappa shape index (κ1) is 16.6. The Morgan fingerprint density at radius 2 is 1.80 bits per heavy atom. The van der Waals surface area contributed by atoms with Gasteiger partial charge in [0.05, 0.1) is 17.0 Å². The molecule has 1 aliphatic heterocycles. The van der Waals surface area contributed by atoms with Crippen molar-refractivity contribution in [2.24, 2.45) is 0 Å². The molecule has 7 heteroatoms. The van der Waals surface area contributed by atoms with Crippen LogP contribution in [0, 0.1) is 24.0 Å². The van der Waals surface area contributed by atoms with Crippen LogP contribution in [-0.2, 0) is 9.59 Å². The van der Waals surface area contributed by atoms with E-state index in [0.717, 1.165) is 11.1 Å². The van der Waals surface area contributed by atoms with Crippen molar-refractivity contribution in [3.8, 4) is 0 Å². The van der Waals surface area contributed by atoms with Crippen molar-refractivity contribution in [3.63, 3.8) is 0 Å². The van der Waals surface area contributed by atoms with E-state index in [9.17, 15) is 19.7 Å². The van der Waals surface area contributed by atoms with Gasteiger partial charge in [0.15, 0.2) is 0 Å². The molecule has 1 heterocycles. The highest BCUT2D eigenvalue weighted by atomic mass is 16.6. The lowest BCUT2D eigenvalue weighted by atomic mass is 10.1. The van der Waals surface area contributed by atoms with Gasteiger partial charge in [0.2, 0.25) is 5.91 Å². The van der Waals surface area contributed by atoms with Gasteiger partial charge in [0.1, 0.15) is 6.04 Å². The quantitative estimate of drug-likeness (QED) is 0.525. The standard InChI is InChI=1S/C18H17N3O4/c1-11-3-4-12(2)16(9-11)20-17(22)10-15(18(20)23)19-13-5-7-14(8-6-13)21(24)25/h3-9,15,19H,10H2,1-2H3. The van der Waals surface area contributed by atoms with Crippen molar-refractivity contribution < 1.29 is 14.5 Å². The van der Waals surface area contributed by atoms with Gasteiger partial charge in [-0.25, -0.2) is 4.90 Å². The molecule has 1 atom stereocenters. The summed E-state index contributed by atoms with van der Waals surface area (Å²) in [7, 11) is 0. The molecule has 1 unspecified atom stereocenters. The first-order valence-corrected chi connectivity index (χ1v) is 7.82. The lowest BCUT2D eigenvalue weighted by Crippen LogP contribution is -2.35. The van der Waals surface area contributed by atoms with E-state index < -0.39 is 11.0 Å². The molecule has 2 amide bonds. The molecule has 0 radical (unpaired) electrons. The number of non-ortho nitro benzene ring substituents is 1. The number of hydrogen-bond donors (Lipinski definition) is 1. The van der Waals surface area contributed by atoms with Crippen LogP contribution in [0.15, 0.2) is 42.5 Å². The van der Waals surface area contributed by atoms with Crippen LogP contribution in [0.4, 0.5) is 17.1 Å². The van der Waals surface area contributed by atoms with Gasteiger partial charge in [0, 0.05) is 17.8 Å². The highest BCUT2D eigenvalue weighted by Crippen LogP contribution is 2.29. The summed E-state index contributed by atoms with van der Waals surface area (Å²) in [5.74, 6) is -0.588. The topological polar surface area (TPSA) is 92.6 Å². The molecule has 0 aliphatic carbocycles. The smallest absolute Gasteiger partial charge is 0.269 e. The number of anilines is 2. The Morgan fingerprint density at radius 3 is 2.44 bits per heavy atom. The molecule has 0 bridgehead atoms. The third-order valence-corrected chi connectivity index (χ3v) is 4.17. The zero-order chi connectivity index (χ0) is 18.1. The molecule has 2 aromatic carbocycles. The van der Waals surface area contributed by atoms with Crippen molar-refractivity contribution in [2.45, 2.75) is 26.3 Å². The fraction of sp³-hybridized carbons (Fsp3) is 0.222. The molecule has 0 saturated carbocycles. The lowest BCUT2D eigenvalue weighted by molar-refractivity contribution is -0.384. The predicted molar refractivity (Wildman–Crippen MR) is 93.5 cm³/mol. The molecule has 0 aromatic heterocycles. The van der Waals surface area contributed by atoms with E-state index in [4.69, 9.17) is 0 Å². The fourth-order valence-corrected chi connectivity index (χ4v) is 2.84. The Bertz CT molecular complexity index is 861. The van der Waals surface area contributed by atoms with Crippen molar-refractivity contribution >= 4 is 28.9 Å². The molecule has 0 spiro atoms. The van der Waals surface area contributed by atoms with Gasteiger partial charge in [-0.2, -0.15) is 0 Å².